The van der Waals surface area contributed by atoms with Gasteiger partial charge in [-0.2, -0.15) is 10.2 Å². The van der Waals surface area contributed by atoms with E-state index in [2.05, 4.69) is 59.6 Å². The number of nitrogens with one attached hydrogen (secondary N) is 1. The smallest absolute Gasteiger partial charge is 0.234 e. The number of para-hydroxylation sites is 1. The van der Waals surface area contributed by atoms with Crippen LogP contribution in [0.4, 0.5) is 11.4 Å². The number of rotatable bonds is 8. The summed E-state index contributed by atoms with van der Waals surface area (Å²) in [5, 5.41) is 26.0. The SMILES string of the molecule is O=C1CC[C@@H](c2ccc(N3CCN(CC4=NO[C@@H]5CN(C(=O)C6(c7ccccc7)CCN(c7cnnc(-c8ccccc8O)c7)CC6)C[C@H]45)CC3)cc2)C(=O)N1. The molecule has 0 saturated carbocycles. The fraction of sp³-hybridized carbons (Fsp3) is 0.395. The molecule has 6 heterocycles. The number of piperazine rings is 1. The van der Waals surface area contributed by atoms with Crippen molar-refractivity contribution in [1.29, 1.82) is 0 Å². The third-order valence-corrected chi connectivity index (χ3v) is 12.5. The van der Waals surface area contributed by atoms with Gasteiger partial charge in [-0.05, 0) is 60.7 Å². The molecule has 0 unspecified atom stereocenters. The number of imide groups is 1. The summed E-state index contributed by atoms with van der Waals surface area (Å²) in [4.78, 5) is 53.8. The van der Waals surface area contributed by atoms with E-state index in [0.29, 0.717) is 69.7 Å². The van der Waals surface area contributed by atoms with E-state index in [1.54, 1.807) is 18.3 Å². The van der Waals surface area contributed by atoms with Crippen molar-refractivity contribution in [3.63, 3.8) is 0 Å². The molecular formula is C43H46N8O5. The number of amides is 3. The monoisotopic (exact) mass is 754 g/mol. The van der Waals surface area contributed by atoms with Crippen LogP contribution in [0.25, 0.3) is 11.3 Å². The van der Waals surface area contributed by atoms with Crippen LogP contribution in [0.5, 0.6) is 5.75 Å². The summed E-state index contributed by atoms with van der Waals surface area (Å²) in [6, 6.07) is 27.5. The molecule has 5 aliphatic heterocycles. The number of aromatic nitrogens is 2. The largest absolute Gasteiger partial charge is 0.507 e. The normalized spacial score (nSPS) is 23.7. The number of likely N-dealkylation sites (tertiary alicyclic amines) is 1. The van der Waals surface area contributed by atoms with Gasteiger partial charge in [0.2, 0.25) is 17.7 Å². The summed E-state index contributed by atoms with van der Waals surface area (Å²) in [7, 11) is 0. The number of carbonyl (C=O) groups is 3. The van der Waals surface area contributed by atoms with Crippen LogP contribution in [-0.2, 0) is 24.6 Å². The van der Waals surface area contributed by atoms with Gasteiger partial charge in [0.15, 0.2) is 6.10 Å². The lowest BCUT2D eigenvalue weighted by atomic mass is 9.71. The van der Waals surface area contributed by atoms with Crippen molar-refractivity contribution in [3.05, 3.63) is 102 Å². The van der Waals surface area contributed by atoms with E-state index in [9.17, 15) is 19.5 Å². The van der Waals surface area contributed by atoms with Crippen molar-refractivity contribution in [3.8, 4) is 17.0 Å². The van der Waals surface area contributed by atoms with Crippen LogP contribution in [0.1, 0.15) is 42.7 Å². The molecule has 288 valence electrons. The molecule has 9 rings (SSSR count). The second-order valence-corrected chi connectivity index (χ2v) is 15.7. The topological polar surface area (TPSA) is 144 Å². The second kappa shape index (κ2) is 15.0. The minimum Gasteiger partial charge on any atom is -0.507 e. The number of oxime groups is 1. The van der Waals surface area contributed by atoms with E-state index in [4.69, 9.17) is 4.84 Å². The average molecular weight is 755 g/mol. The number of hydrogen-bond acceptors (Lipinski definition) is 11. The standard InChI is InChI=1S/C43H46N8O5/c52-38-9-5-4-8-34(38)36-24-32(25-44-46-36)49-18-16-43(17-19-49,30-6-2-1-3-7-30)42(55)51-26-35-37(47-56-39(35)28-51)27-48-20-22-50(23-21-48)31-12-10-29(11-13-31)33-14-15-40(53)45-41(33)54/h1-13,24-25,33,35,39,52H,14-23,26-28H2,(H,45,53,54)/t33-,35+,39+/m0/s1. The predicted octanol–water partition coefficient (Wildman–Crippen LogP) is 3.94. The first-order chi connectivity index (χ1) is 27.3. The number of hydrogen-bond donors (Lipinski definition) is 2. The average Bonchev–Trinajstić information content (AvgIpc) is 3.83. The third kappa shape index (κ3) is 6.84. The molecule has 13 heteroatoms. The van der Waals surface area contributed by atoms with Gasteiger partial charge in [-0.25, -0.2) is 0 Å². The Labute approximate surface area is 325 Å². The molecule has 0 radical (unpaired) electrons. The van der Waals surface area contributed by atoms with E-state index in [0.717, 1.165) is 54.4 Å². The zero-order valence-corrected chi connectivity index (χ0v) is 31.3. The van der Waals surface area contributed by atoms with Gasteiger partial charge < -0.3 is 24.6 Å². The lowest BCUT2D eigenvalue weighted by Gasteiger charge is -2.43. The Bertz CT molecular complexity index is 2130. The first kappa shape index (κ1) is 35.9. The van der Waals surface area contributed by atoms with Crippen molar-refractivity contribution in [1.82, 2.24) is 25.3 Å². The van der Waals surface area contributed by atoms with Gasteiger partial charge in [0, 0.05) is 70.0 Å². The van der Waals surface area contributed by atoms with Crippen molar-refractivity contribution in [2.24, 2.45) is 11.1 Å². The van der Waals surface area contributed by atoms with E-state index in [-0.39, 0.29) is 41.4 Å². The number of carbonyl (C=O) groups excluding carboxylic acids is 3. The Balaban J connectivity index is 0.822. The Morgan fingerprint density at radius 1 is 0.857 bits per heavy atom. The van der Waals surface area contributed by atoms with Crippen molar-refractivity contribution in [2.45, 2.75) is 43.1 Å². The molecule has 0 spiro atoms. The Kier molecular flexibility index (Phi) is 9.62. The first-order valence-corrected chi connectivity index (χ1v) is 19.7. The van der Waals surface area contributed by atoms with Gasteiger partial charge >= 0.3 is 0 Å². The highest BCUT2D eigenvalue weighted by Gasteiger charge is 2.51. The molecule has 0 bridgehead atoms. The van der Waals surface area contributed by atoms with Crippen LogP contribution in [-0.4, -0.2) is 114 Å². The zero-order chi connectivity index (χ0) is 38.2. The highest BCUT2D eigenvalue weighted by molar-refractivity contribution is 6.01. The summed E-state index contributed by atoms with van der Waals surface area (Å²) in [5.41, 5.74) is 5.63. The van der Waals surface area contributed by atoms with Crippen LogP contribution in [0.15, 0.2) is 96.3 Å². The number of anilines is 2. The minimum absolute atomic E-state index is 0.0698. The van der Waals surface area contributed by atoms with Gasteiger partial charge in [0.05, 0.1) is 47.1 Å². The predicted molar refractivity (Wildman–Crippen MR) is 211 cm³/mol. The van der Waals surface area contributed by atoms with Crippen LogP contribution >= 0.6 is 0 Å². The fourth-order valence-electron chi connectivity index (χ4n) is 9.22. The molecule has 13 nitrogen and oxygen atoms in total. The molecule has 0 aliphatic carbocycles. The van der Waals surface area contributed by atoms with Crippen molar-refractivity contribution < 1.29 is 24.3 Å². The molecule has 56 heavy (non-hydrogen) atoms. The Morgan fingerprint density at radius 3 is 2.34 bits per heavy atom. The van der Waals surface area contributed by atoms with Gasteiger partial charge in [-0.15, -0.1) is 0 Å². The van der Waals surface area contributed by atoms with E-state index >= 15 is 0 Å². The van der Waals surface area contributed by atoms with Gasteiger partial charge in [0.25, 0.3) is 0 Å². The maximum absolute atomic E-state index is 14.8. The molecule has 5 aliphatic rings. The zero-order valence-electron chi connectivity index (χ0n) is 31.3. The van der Waals surface area contributed by atoms with E-state index < -0.39 is 5.41 Å². The summed E-state index contributed by atoms with van der Waals surface area (Å²) in [5.74, 6) is -0.305. The lowest BCUT2D eigenvalue weighted by molar-refractivity contribution is -0.138. The molecule has 1 aromatic heterocycles. The summed E-state index contributed by atoms with van der Waals surface area (Å²) >= 11 is 0. The van der Waals surface area contributed by atoms with E-state index in [1.807, 2.05) is 53.4 Å². The number of phenols is 1. The van der Waals surface area contributed by atoms with Crippen molar-refractivity contribution in [2.75, 3.05) is 68.7 Å². The quantitative estimate of drug-likeness (QED) is 0.254. The molecule has 4 fully saturated rings. The lowest BCUT2D eigenvalue weighted by Crippen LogP contribution is -2.53. The van der Waals surface area contributed by atoms with Gasteiger partial charge in [0.1, 0.15) is 5.75 Å². The fourth-order valence-corrected chi connectivity index (χ4v) is 9.22. The first-order valence-electron chi connectivity index (χ1n) is 19.7. The van der Waals surface area contributed by atoms with Gasteiger partial charge in [-0.3, -0.25) is 24.6 Å². The van der Waals surface area contributed by atoms with Crippen LogP contribution in [0, 0.1) is 5.92 Å². The molecule has 3 amide bonds. The molecule has 2 N–H and O–H groups in total. The highest BCUT2D eigenvalue weighted by atomic mass is 16.6. The molecule has 4 saturated heterocycles. The van der Waals surface area contributed by atoms with Crippen LogP contribution < -0.4 is 15.1 Å². The summed E-state index contributed by atoms with van der Waals surface area (Å²) in [6.07, 6.45) is 3.84. The van der Waals surface area contributed by atoms with Crippen LogP contribution in [0.3, 0.4) is 0 Å². The Morgan fingerprint density at radius 2 is 1.59 bits per heavy atom. The number of benzene rings is 3. The highest BCUT2D eigenvalue weighted by Crippen LogP contribution is 2.41. The number of aromatic hydroxyl groups is 1. The van der Waals surface area contributed by atoms with Crippen LogP contribution in [0.2, 0.25) is 0 Å². The number of nitrogens with zero attached hydrogens (tertiary/aromatic N) is 7. The van der Waals surface area contributed by atoms with Gasteiger partial charge in [-0.1, -0.05) is 59.8 Å². The van der Waals surface area contributed by atoms with Crippen molar-refractivity contribution >= 4 is 34.8 Å². The molecule has 3 atom stereocenters. The maximum atomic E-state index is 14.8. The summed E-state index contributed by atoms with van der Waals surface area (Å²) in [6.45, 7) is 6.67. The second-order valence-electron chi connectivity index (χ2n) is 15.7. The molecular weight excluding hydrogens is 709 g/mol. The Hall–Kier alpha value is -5.82. The molecule has 4 aromatic rings. The van der Waals surface area contributed by atoms with E-state index in [1.165, 1.54) is 0 Å². The minimum atomic E-state index is -0.662. The number of fused-ring (bicyclic) bond motifs is 1. The maximum Gasteiger partial charge on any atom is 0.234 e. The number of phenolic OH excluding ortho intramolecular Hbond substituents is 1. The third-order valence-electron chi connectivity index (χ3n) is 12.5. The number of piperidine rings is 2. The summed E-state index contributed by atoms with van der Waals surface area (Å²) < 4.78 is 0. The molecule has 3 aromatic carbocycles.